The lowest BCUT2D eigenvalue weighted by Crippen LogP contribution is -2.38. The van der Waals surface area contributed by atoms with E-state index in [2.05, 4.69) is 6.42 Å². The molecule has 0 atom stereocenters. The minimum Gasteiger partial charge on any atom is -0.0530 e. The Bertz CT molecular complexity index is 138. The summed E-state index contributed by atoms with van der Waals surface area (Å²) >= 11 is 0. The summed E-state index contributed by atoms with van der Waals surface area (Å²) in [4.78, 5) is 0. The van der Waals surface area contributed by atoms with Crippen LogP contribution in [0.2, 0.25) is 0 Å². The third-order valence-electron chi connectivity index (χ3n) is 5.07. The molecule has 0 aliphatic heterocycles. The fourth-order valence-electron chi connectivity index (χ4n) is 4.70. The second-order valence-corrected chi connectivity index (χ2v) is 6.45. The Kier molecular flexibility index (Phi) is 3.03. The molecule has 5 rings (SSSR count). The monoisotopic (exact) mass is 205 g/mol. The van der Waals surface area contributed by atoms with E-state index >= 15 is 0 Å². The van der Waals surface area contributed by atoms with E-state index < -0.39 is 0 Å². The maximum atomic E-state index is 2.36. The van der Waals surface area contributed by atoms with E-state index in [1.807, 2.05) is 0 Å². The summed E-state index contributed by atoms with van der Waals surface area (Å²) in [5, 5.41) is 0. The van der Waals surface area contributed by atoms with Gasteiger partial charge in [0.15, 0.2) is 0 Å². The second-order valence-electron chi connectivity index (χ2n) is 6.45. The van der Waals surface area contributed by atoms with Crippen LogP contribution in [0.15, 0.2) is 0 Å². The minimum absolute atomic E-state index is 1.18. The van der Waals surface area contributed by atoms with Crippen molar-refractivity contribution in [3.05, 3.63) is 6.42 Å². The molecular weight excluding hydrogens is 180 g/mol. The third-order valence-corrected chi connectivity index (χ3v) is 5.07. The number of hydrogen-bond donors (Lipinski definition) is 0. The lowest BCUT2D eigenvalue weighted by atomic mass is 9.56. The van der Waals surface area contributed by atoms with Crippen LogP contribution in [0.3, 0.4) is 0 Å². The Morgan fingerprint density at radius 3 is 1.07 bits per heavy atom. The Hall–Kier alpha value is 0. The van der Waals surface area contributed by atoms with E-state index in [0.717, 1.165) is 0 Å². The normalized spacial score (nSPS) is 46.4. The lowest BCUT2D eigenvalue weighted by molar-refractivity contribution is 0.0198. The van der Waals surface area contributed by atoms with Gasteiger partial charge in [0.25, 0.3) is 0 Å². The fraction of sp³-hybridized carbons (Fsp3) is 0.933. The molecule has 0 heterocycles. The average Bonchev–Trinajstić information content (AvgIpc) is 2.72. The van der Waals surface area contributed by atoms with Gasteiger partial charge in [-0.25, -0.2) is 0 Å². The number of rotatable bonds is 0. The molecule has 1 radical (unpaired) electrons. The second kappa shape index (κ2) is 4.47. The minimum atomic E-state index is 1.18. The molecule has 0 aromatic carbocycles. The summed E-state index contributed by atoms with van der Waals surface area (Å²) in [5.74, 6) is 4.71. The molecule has 0 nitrogen and oxygen atoms in total. The van der Waals surface area contributed by atoms with Crippen molar-refractivity contribution in [2.24, 2.45) is 23.7 Å². The highest BCUT2D eigenvalue weighted by Gasteiger charge is 2.41. The summed E-state index contributed by atoms with van der Waals surface area (Å²) in [6.45, 7) is 0. The highest BCUT2D eigenvalue weighted by atomic mass is 14.5. The third kappa shape index (κ3) is 2.40. The largest absolute Gasteiger partial charge is 0.0530 e. The molecule has 0 N–H and O–H groups in total. The van der Waals surface area contributed by atoms with Crippen molar-refractivity contribution in [1.29, 1.82) is 0 Å². The van der Waals surface area contributed by atoms with Crippen LogP contribution in [0, 0.1) is 30.1 Å². The topological polar surface area (TPSA) is 0 Å². The van der Waals surface area contributed by atoms with Crippen molar-refractivity contribution in [2.75, 3.05) is 0 Å². The van der Waals surface area contributed by atoms with Gasteiger partial charge in [-0.1, -0.05) is 25.7 Å². The van der Waals surface area contributed by atoms with Crippen molar-refractivity contribution in [1.82, 2.24) is 0 Å². The van der Waals surface area contributed by atoms with Crippen molar-refractivity contribution >= 4 is 0 Å². The molecule has 85 valence electrons. The van der Waals surface area contributed by atoms with Crippen LogP contribution in [0.25, 0.3) is 0 Å². The van der Waals surface area contributed by atoms with Crippen molar-refractivity contribution in [3.8, 4) is 0 Å². The average molecular weight is 205 g/mol. The van der Waals surface area contributed by atoms with Gasteiger partial charge in [0.2, 0.25) is 0 Å². The van der Waals surface area contributed by atoms with Crippen molar-refractivity contribution in [3.63, 3.8) is 0 Å². The van der Waals surface area contributed by atoms with E-state index in [0.29, 0.717) is 0 Å². The molecular formula is C15H25. The van der Waals surface area contributed by atoms with Gasteiger partial charge in [-0.05, 0) is 68.6 Å². The van der Waals surface area contributed by atoms with Gasteiger partial charge in [-0.15, -0.1) is 0 Å². The Morgan fingerprint density at radius 2 is 0.867 bits per heavy atom. The lowest BCUT2D eigenvalue weighted by Gasteiger charge is -2.49. The molecule has 5 saturated carbocycles. The zero-order valence-electron chi connectivity index (χ0n) is 9.96. The molecule has 0 spiro atoms. The van der Waals surface area contributed by atoms with Crippen LogP contribution in [-0.4, -0.2) is 0 Å². The SMILES string of the molecule is C1C2CC3CC1CC(C2)C3.[CH]1CCCC1. The smallest absolute Gasteiger partial charge is 0.0386 e. The molecule has 5 fully saturated rings. The molecule has 0 amide bonds. The maximum Gasteiger partial charge on any atom is -0.0386 e. The Balaban J connectivity index is 0.000000123. The predicted octanol–water partition coefficient (Wildman–Crippen LogP) is 4.60. The van der Waals surface area contributed by atoms with E-state index in [1.54, 1.807) is 38.5 Å². The molecule has 0 aromatic rings. The molecule has 0 heteroatoms. The first-order chi connectivity index (χ1) is 7.40. The summed E-state index contributed by atoms with van der Waals surface area (Å²) in [7, 11) is 0. The van der Waals surface area contributed by atoms with E-state index in [-0.39, 0.29) is 0 Å². The highest BCUT2D eigenvalue weighted by Crippen LogP contribution is 2.53. The Morgan fingerprint density at radius 1 is 0.533 bits per heavy atom. The molecule has 15 heavy (non-hydrogen) atoms. The number of hydrogen-bond acceptors (Lipinski definition) is 0. The summed E-state index contributed by atoms with van der Waals surface area (Å²) < 4.78 is 0. The van der Waals surface area contributed by atoms with E-state index in [9.17, 15) is 0 Å². The van der Waals surface area contributed by atoms with Gasteiger partial charge >= 0.3 is 0 Å². The van der Waals surface area contributed by atoms with Gasteiger partial charge in [-0.3, -0.25) is 0 Å². The highest BCUT2D eigenvalue weighted by molar-refractivity contribution is 4.92. The van der Waals surface area contributed by atoms with Crippen LogP contribution < -0.4 is 0 Å². The molecule has 5 aliphatic carbocycles. The zero-order chi connectivity index (χ0) is 10.1. The first-order valence-corrected chi connectivity index (χ1v) is 7.22. The van der Waals surface area contributed by atoms with Crippen LogP contribution in [0.1, 0.15) is 64.2 Å². The molecule has 0 saturated heterocycles. The Labute approximate surface area is 94.8 Å². The summed E-state index contributed by atoms with van der Waals surface area (Å²) in [6.07, 6.45) is 17.6. The van der Waals surface area contributed by atoms with Crippen LogP contribution >= 0.6 is 0 Å². The van der Waals surface area contributed by atoms with Gasteiger partial charge in [0.1, 0.15) is 0 Å². The summed E-state index contributed by atoms with van der Waals surface area (Å²) in [5.41, 5.74) is 0. The maximum absolute atomic E-state index is 2.36. The van der Waals surface area contributed by atoms with Gasteiger partial charge < -0.3 is 0 Å². The van der Waals surface area contributed by atoms with Gasteiger partial charge in [-0.2, -0.15) is 0 Å². The van der Waals surface area contributed by atoms with Crippen LogP contribution in [0.5, 0.6) is 0 Å². The predicted molar refractivity (Wildman–Crippen MR) is 64.4 cm³/mol. The molecule has 0 unspecified atom stereocenters. The standard InChI is InChI=1S/C10H16.C5H9/c1-7-2-9-4-8(1)5-10(3-7)6-9;1-2-4-5-3-1/h7-10H,1-6H2;1H,2-5H2. The zero-order valence-corrected chi connectivity index (χ0v) is 9.96. The molecule has 4 bridgehead atoms. The van der Waals surface area contributed by atoms with Gasteiger partial charge in [0.05, 0.1) is 0 Å². The molecule has 5 aliphatic rings. The molecule has 0 aromatic heterocycles. The fourth-order valence-corrected chi connectivity index (χ4v) is 4.70. The summed E-state index contributed by atoms with van der Waals surface area (Å²) in [6, 6.07) is 0. The van der Waals surface area contributed by atoms with Crippen molar-refractivity contribution < 1.29 is 0 Å². The first kappa shape index (κ1) is 10.2. The van der Waals surface area contributed by atoms with Crippen LogP contribution in [0.4, 0.5) is 0 Å². The van der Waals surface area contributed by atoms with E-state index in [1.165, 1.54) is 49.4 Å². The van der Waals surface area contributed by atoms with Crippen molar-refractivity contribution in [2.45, 2.75) is 64.2 Å². The van der Waals surface area contributed by atoms with E-state index in [4.69, 9.17) is 0 Å². The first-order valence-electron chi connectivity index (χ1n) is 7.22. The van der Waals surface area contributed by atoms with Gasteiger partial charge in [0, 0.05) is 0 Å². The quantitative estimate of drug-likeness (QED) is 0.542. The van der Waals surface area contributed by atoms with Crippen LogP contribution in [-0.2, 0) is 0 Å².